The first-order valence-corrected chi connectivity index (χ1v) is 6.92. The minimum atomic E-state index is 0.730. The van der Waals surface area contributed by atoms with Crippen LogP contribution in [0.25, 0.3) is 0 Å². The van der Waals surface area contributed by atoms with Crippen molar-refractivity contribution >= 4 is 11.8 Å². The van der Waals surface area contributed by atoms with Gasteiger partial charge in [-0.25, -0.2) is 0 Å². The molecule has 0 unspecified atom stereocenters. The smallest absolute Gasteiger partial charge is 0.000782 e. The van der Waals surface area contributed by atoms with Crippen LogP contribution in [0.5, 0.6) is 0 Å². The molecule has 1 fully saturated rings. The highest BCUT2D eigenvalue weighted by atomic mass is 32.2. The molecular weight excluding hydrogens is 178 g/mol. The monoisotopic (exact) mass is 201 g/mol. The molecule has 1 N–H and O–H groups in total. The van der Waals surface area contributed by atoms with Gasteiger partial charge in [-0.1, -0.05) is 13.3 Å². The Bertz CT molecular complexity index is 132. The third-order valence-corrected chi connectivity index (χ3v) is 3.64. The maximum absolute atomic E-state index is 3.59. The van der Waals surface area contributed by atoms with Gasteiger partial charge in [0.2, 0.25) is 0 Å². The van der Waals surface area contributed by atoms with Gasteiger partial charge in [-0.05, 0) is 49.7 Å². The Labute approximate surface area is 87.1 Å². The van der Waals surface area contributed by atoms with Crippen molar-refractivity contribution in [1.82, 2.24) is 5.32 Å². The summed E-state index contributed by atoms with van der Waals surface area (Å²) in [5, 5.41) is 3.59. The summed E-state index contributed by atoms with van der Waals surface area (Å²) in [5.74, 6) is 1.30. The lowest BCUT2D eigenvalue weighted by atomic mass is 10.0. The van der Waals surface area contributed by atoms with Crippen LogP contribution in [0.4, 0.5) is 0 Å². The molecular formula is C11H23NS. The fourth-order valence-electron chi connectivity index (χ4n) is 1.92. The van der Waals surface area contributed by atoms with Crippen LogP contribution in [-0.2, 0) is 0 Å². The highest BCUT2D eigenvalue weighted by molar-refractivity contribution is 7.98. The molecule has 0 amide bonds. The number of hydrogen-bond donors (Lipinski definition) is 1. The lowest BCUT2D eigenvalue weighted by Gasteiger charge is -2.14. The van der Waals surface area contributed by atoms with E-state index in [9.17, 15) is 0 Å². The first kappa shape index (κ1) is 11.4. The fraction of sp³-hybridized carbons (Fsp3) is 1.00. The standard InChI is InChI=1S/C11H23NS/c1-3-5-11(6-7-11)10-12-8-4-9-13-2/h12H,3-10H2,1-2H3. The van der Waals surface area contributed by atoms with Crippen molar-refractivity contribution < 1.29 is 0 Å². The zero-order valence-electron chi connectivity index (χ0n) is 9.07. The molecule has 0 heterocycles. The lowest BCUT2D eigenvalue weighted by molar-refractivity contribution is 0.422. The Hall–Kier alpha value is 0.310. The second-order valence-electron chi connectivity index (χ2n) is 4.27. The first-order chi connectivity index (χ1) is 6.33. The van der Waals surface area contributed by atoms with Crippen LogP contribution in [0, 0.1) is 5.41 Å². The highest BCUT2D eigenvalue weighted by Gasteiger charge is 2.40. The summed E-state index contributed by atoms with van der Waals surface area (Å²) in [5.41, 5.74) is 0.730. The van der Waals surface area contributed by atoms with Crippen molar-refractivity contribution in [3.63, 3.8) is 0 Å². The normalized spacial score (nSPS) is 18.9. The molecule has 13 heavy (non-hydrogen) atoms. The van der Waals surface area contributed by atoms with Crippen LogP contribution in [0.15, 0.2) is 0 Å². The summed E-state index contributed by atoms with van der Waals surface area (Å²) >= 11 is 1.95. The average molecular weight is 201 g/mol. The minimum Gasteiger partial charge on any atom is -0.316 e. The Morgan fingerprint density at radius 3 is 2.69 bits per heavy atom. The van der Waals surface area contributed by atoms with Gasteiger partial charge in [-0.3, -0.25) is 0 Å². The zero-order chi connectivity index (χ0) is 9.57. The molecule has 1 nitrogen and oxygen atoms in total. The number of rotatable bonds is 8. The van der Waals surface area contributed by atoms with E-state index in [-0.39, 0.29) is 0 Å². The van der Waals surface area contributed by atoms with E-state index < -0.39 is 0 Å². The summed E-state index contributed by atoms with van der Waals surface area (Å²) in [7, 11) is 0. The molecule has 0 spiro atoms. The largest absolute Gasteiger partial charge is 0.316 e. The van der Waals surface area contributed by atoms with Crippen LogP contribution >= 0.6 is 11.8 Å². The molecule has 0 aromatic carbocycles. The van der Waals surface area contributed by atoms with E-state index in [1.165, 1.54) is 50.9 Å². The van der Waals surface area contributed by atoms with E-state index >= 15 is 0 Å². The van der Waals surface area contributed by atoms with Gasteiger partial charge in [0.05, 0.1) is 0 Å². The highest BCUT2D eigenvalue weighted by Crippen LogP contribution is 2.48. The van der Waals surface area contributed by atoms with Gasteiger partial charge >= 0.3 is 0 Å². The maximum Gasteiger partial charge on any atom is 0.000782 e. The molecule has 0 bridgehead atoms. The summed E-state index contributed by atoms with van der Waals surface area (Å²) in [6.07, 6.45) is 9.23. The van der Waals surface area contributed by atoms with Gasteiger partial charge in [0.25, 0.3) is 0 Å². The van der Waals surface area contributed by atoms with Gasteiger partial charge in [-0.2, -0.15) is 11.8 Å². The van der Waals surface area contributed by atoms with Gasteiger partial charge in [0, 0.05) is 6.54 Å². The van der Waals surface area contributed by atoms with E-state index in [4.69, 9.17) is 0 Å². The minimum absolute atomic E-state index is 0.730. The number of nitrogens with one attached hydrogen (secondary N) is 1. The number of hydrogen-bond acceptors (Lipinski definition) is 2. The lowest BCUT2D eigenvalue weighted by Crippen LogP contribution is -2.25. The van der Waals surface area contributed by atoms with Crippen molar-refractivity contribution in [2.75, 3.05) is 25.1 Å². The maximum atomic E-state index is 3.59. The van der Waals surface area contributed by atoms with Gasteiger partial charge < -0.3 is 5.32 Å². The second kappa shape index (κ2) is 5.92. The van der Waals surface area contributed by atoms with Crippen molar-refractivity contribution in [3.05, 3.63) is 0 Å². The quantitative estimate of drug-likeness (QED) is 0.606. The fourth-order valence-corrected chi connectivity index (χ4v) is 2.35. The van der Waals surface area contributed by atoms with E-state index in [2.05, 4.69) is 18.5 Å². The SMILES string of the molecule is CCCC1(CNCCCSC)CC1. The molecule has 0 atom stereocenters. The Balaban J connectivity index is 1.93. The van der Waals surface area contributed by atoms with Crippen LogP contribution in [0.1, 0.15) is 39.0 Å². The molecule has 1 rings (SSSR count). The molecule has 0 aromatic heterocycles. The summed E-state index contributed by atoms with van der Waals surface area (Å²) < 4.78 is 0. The Morgan fingerprint density at radius 2 is 2.15 bits per heavy atom. The van der Waals surface area contributed by atoms with E-state index in [0.29, 0.717) is 0 Å². The predicted molar refractivity (Wildman–Crippen MR) is 62.4 cm³/mol. The molecule has 1 aliphatic rings. The van der Waals surface area contributed by atoms with Gasteiger partial charge in [0.15, 0.2) is 0 Å². The van der Waals surface area contributed by atoms with Crippen LogP contribution in [-0.4, -0.2) is 25.1 Å². The average Bonchev–Trinajstić information content (AvgIpc) is 2.86. The molecule has 1 saturated carbocycles. The Morgan fingerprint density at radius 1 is 1.38 bits per heavy atom. The van der Waals surface area contributed by atoms with Crippen LogP contribution in [0.3, 0.4) is 0 Å². The topological polar surface area (TPSA) is 12.0 Å². The second-order valence-corrected chi connectivity index (χ2v) is 5.26. The van der Waals surface area contributed by atoms with Crippen molar-refractivity contribution in [2.24, 2.45) is 5.41 Å². The number of thioether (sulfide) groups is 1. The molecule has 0 radical (unpaired) electrons. The molecule has 0 aliphatic heterocycles. The first-order valence-electron chi connectivity index (χ1n) is 5.53. The third kappa shape index (κ3) is 4.37. The summed E-state index contributed by atoms with van der Waals surface area (Å²) in [6, 6.07) is 0. The van der Waals surface area contributed by atoms with E-state index in [1.54, 1.807) is 0 Å². The molecule has 0 aromatic rings. The van der Waals surface area contributed by atoms with Gasteiger partial charge in [-0.15, -0.1) is 0 Å². The predicted octanol–water partition coefficient (Wildman–Crippen LogP) is 2.91. The van der Waals surface area contributed by atoms with Crippen molar-refractivity contribution in [1.29, 1.82) is 0 Å². The molecule has 0 saturated heterocycles. The summed E-state index contributed by atoms with van der Waals surface area (Å²) in [6.45, 7) is 4.79. The summed E-state index contributed by atoms with van der Waals surface area (Å²) in [4.78, 5) is 0. The van der Waals surface area contributed by atoms with E-state index in [0.717, 1.165) is 5.41 Å². The van der Waals surface area contributed by atoms with Crippen molar-refractivity contribution in [2.45, 2.75) is 39.0 Å². The molecule has 78 valence electrons. The molecule has 2 heteroatoms. The van der Waals surface area contributed by atoms with Crippen molar-refractivity contribution in [3.8, 4) is 0 Å². The third-order valence-electron chi connectivity index (χ3n) is 2.94. The molecule has 1 aliphatic carbocycles. The Kier molecular flexibility index (Phi) is 5.18. The van der Waals surface area contributed by atoms with Gasteiger partial charge in [0.1, 0.15) is 0 Å². The zero-order valence-corrected chi connectivity index (χ0v) is 9.88. The van der Waals surface area contributed by atoms with Crippen LogP contribution in [0.2, 0.25) is 0 Å². The van der Waals surface area contributed by atoms with Crippen LogP contribution < -0.4 is 5.32 Å². The van der Waals surface area contributed by atoms with E-state index in [1.807, 2.05) is 11.8 Å².